The number of hydrogen-bond donors (Lipinski definition) is 1. The van der Waals surface area contributed by atoms with Crippen LogP contribution in [0.3, 0.4) is 0 Å². The quantitative estimate of drug-likeness (QED) is 0.722. The van der Waals surface area contributed by atoms with Gasteiger partial charge in [0.2, 0.25) is 0 Å². The number of amides is 1. The van der Waals surface area contributed by atoms with E-state index in [1.165, 1.54) is 6.33 Å². The predicted octanol–water partition coefficient (Wildman–Crippen LogP) is 2.88. The second kappa shape index (κ2) is 6.38. The van der Waals surface area contributed by atoms with E-state index in [1.807, 2.05) is 27.0 Å². The Bertz CT molecular complexity index is 768. The molecular weight excluding hydrogens is 421 g/mol. The fraction of sp³-hybridized carbons (Fsp3) is 0.562. The number of carbonyl (C=O) groups excluding carboxylic acids is 1. The van der Waals surface area contributed by atoms with Crippen molar-refractivity contribution in [1.29, 1.82) is 0 Å². The maximum Gasteiger partial charge on any atom is 0.410 e. The third-order valence-electron chi connectivity index (χ3n) is 4.03. The van der Waals surface area contributed by atoms with E-state index in [1.54, 1.807) is 4.90 Å². The van der Waals surface area contributed by atoms with Crippen LogP contribution in [0.4, 0.5) is 10.6 Å². The summed E-state index contributed by atoms with van der Waals surface area (Å²) in [4.78, 5) is 22.4. The summed E-state index contributed by atoms with van der Waals surface area (Å²) in [7, 11) is 0. The maximum atomic E-state index is 12.2. The van der Waals surface area contributed by atoms with Gasteiger partial charge in [0.1, 0.15) is 23.4 Å². The first kappa shape index (κ1) is 17.2. The zero-order chi connectivity index (χ0) is 17.5. The first-order valence-electron chi connectivity index (χ1n) is 7.97. The van der Waals surface area contributed by atoms with Gasteiger partial charge in [0.15, 0.2) is 0 Å². The Kier molecular flexibility index (Phi) is 4.58. The molecule has 2 aromatic rings. The van der Waals surface area contributed by atoms with Gasteiger partial charge in [0.05, 0.1) is 5.39 Å². The van der Waals surface area contributed by atoms with Crippen LogP contribution in [-0.2, 0) is 11.3 Å². The third kappa shape index (κ3) is 3.57. The summed E-state index contributed by atoms with van der Waals surface area (Å²) in [6, 6.07) is 0. The molecule has 0 radical (unpaired) electrons. The molecular formula is C16H22IN5O2. The molecule has 1 aliphatic rings. The van der Waals surface area contributed by atoms with Crippen molar-refractivity contribution in [1.82, 2.24) is 19.4 Å². The lowest BCUT2D eigenvalue weighted by Gasteiger charge is -2.24. The minimum Gasteiger partial charge on any atom is -0.444 e. The van der Waals surface area contributed by atoms with Crippen LogP contribution in [0.15, 0.2) is 12.5 Å². The van der Waals surface area contributed by atoms with Crippen LogP contribution in [-0.4, -0.2) is 44.2 Å². The largest absolute Gasteiger partial charge is 0.444 e. The number of nitrogen functional groups attached to an aromatic ring is 1. The second-order valence-corrected chi connectivity index (χ2v) is 8.33. The number of rotatable bonds is 2. The number of ether oxygens (including phenoxy) is 1. The first-order chi connectivity index (χ1) is 11.2. The molecule has 0 aliphatic carbocycles. The number of nitrogens with two attached hydrogens (primary N) is 1. The van der Waals surface area contributed by atoms with Gasteiger partial charge >= 0.3 is 6.09 Å². The number of nitrogens with zero attached hydrogens (tertiary/aromatic N) is 4. The Balaban J connectivity index is 1.70. The van der Waals surface area contributed by atoms with E-state index in [4.69, 9.17) is 10.5 Å². The average molecular weight is 443 g/mol. The number of fused-ring (bicyclic) bond motifs is 1. The molecule has 1 amide bonds. The number of halogens is 1. The summed E-state index contributed by atoms with van der Waals surface area (Å²) >= 11 is 2.26. The van der Waals surface area contributed by atoms with Crippen molar-refractivity contribution in [2.24, 2.45) is 5.92 Å². The molecule has 7 nitrogen and oxygen atoms in total. The van der Waals surface area contributed by atoms with Gasteiger partial charge < -0.3 is 19.9 Å². The van der Waals surface area contributed by atoms with Gasteiger partial charge in [-0.15, -0.1) is 0 Å². The monoisotopic (exact) mass is 443 g/mol. The molecule has 0 spiro atoms. The lowest BCUT2D eigenvalue weighted by molar-refractivity contribution is 0.0287. The van der Waals surface area contributed by atoms with E-state index in [0.29, 0.717) is 18.3 Å². The van der Waals surface area contributed by atoms with Crippen LogP contribution >= 0.6 is 22.6 Å². The van der Waals surface area contributed by atoms with Crippen LogP contribution in [0.25, 0.3) is 11.0 Å². The highest BCUT2D eigenvalue weighted by atomic mass is 127. The molecule has 1 aliphatic heterocycles. The number of anilines is 1. The minimum absolute atomic E-state index is 0.233. The zero-order valence-corrected chi connectivity index (χ0v) is 16.3. The Hall–Kier alpha value is -1.58. The molecule has 1 fully saturated rings. The molecule has 2 N–H and O–H groups in total. The molecule has 1 unspecified atom stereocenters. The fourth-order valence-corrected chi connectivity index (χ4v) is 3.84. The summed E-state index contributed by atoms with van der Waals surface area (Å²) in [5.74, 6) is 0.880. The molecule has 2 aromatic heterocycles. The molecule has 0 saturated carbocycles. The van der Waals surface area contributed by atoms with Crippen molar-refractivity contribution >= 4 is 45.5 Å². The molecule has 8 heteroatoms. The van der Waals surface area contributed by atoms with E-state index >= 15 is 0 Å². The van der Waals surface area contributed by atoms with E-state index in [9.17, 15) is 4.79 Å². The van der Waals surface area contributed by atoms with Crippen molar-refractivity contribution in [3.8, 4) is 0 Å². The Morgan fingerprint density at radius 2 is 2.21 bits per heavy atom. The first-order valence-corrected chi connectivity index (χ1v) is 9.05. The second-order valence-electron chi connectivity index (χ2n) is 7.17. The molecule has 130 valence electrons. The van der Waals surface area contributed by atoms with Gasteiger partial charge in [-0.1, -0.05) is 0 Å². The fourth-order valence-electron chi connectivity index (χ4n) is 2.99. The lowest BCUT2D eigenvalue weighted by atomic mass is 10.1. The van der Waals surface area contributed by atoms with Gasteiger partial charge in [-0.2, -0.15) is 0 Å². The highest BCUT2D eigenvalue weighted by molar-refractivity contribution is 14.1. The van der Waals surface area contributed by atoms with E-state index in [2.05, 4.69) is 37.1 Å². The summed E-state index contributed by atoms with van der Waals surface area (Å²) in [5.41, 5.74) is 6.35. The molecule has 3 heterocycles. The molecule has 1 atom stereocenters. The number of carbonyl (C=O) groups is 1. The van der Waals surface area contributed by atoms with Gasteiger partial charge in [-0.05, 0) is 55.7 Å². The van der Waals surface area contributed by atoms with Crippen molar-refractivity contribution < 1.29 is 9.53 Å². The Morgan fingerprint density at radius 1 is 1.46 bits per heavy atom. The van der Waals surface area contributed by atoms with Crippen LogP contribution in [0.2, 0.25) is 0 Å². The summed E-state index contributed by atoms with van der Waals surface area (Å²) < 4.78 is 8.61. The van der Waals surface area contributed by atoms with Gasteiger partial charge in [-0.3, -0.25) is 0 Å². The molecule has 1 saturated heterocycles. The smallest absolute Gasteiger partial charge is 0.410 e. The van der Waals surface area contributed by atoms with Gasteiger partial charge in [0, 0.05) is 29.4 Å². The van der Waals surface area contributed by atoms with E-state index in [-0.39, 0.29) is 6.09 Å². The third-order valence-corrected chi connectivity index (χ3v) is 4.85. The Morgan fingerprint density at radius 3 is 2.92 bits per heavy atom. The predicted molar refractivity (Wildman–Crippen MR) is 101 cm³/mol. The van der Waals surface area contributed by atoms with Crippen molar-refractivity contribution in [2.45, 2.75) is 39.3 Å². The highest BCUT2D eigenvalue weighted by Gasteiger charge is 2.30. The minimum atomic E-state index is -0.462. The molecule has 0 bridgehead atoms. The summed E-state index contributed by atoms with van der Waals surface area (Å²) in [5, 5.41) is 0.903. The summed E-state index contributed by atoms with van der Waals surface area (Å²) in [6.45, 7) is 7.89. The molecule has 0 aromatic carbocycles. The highest BCUT2D eigenvalue weighted by Crippen LogP contribution is 2.28. The van der Waals surface area contributed by atoms with Gasteiger partial charge in [-0.25, -0.2) is 14.8 Å². The van der Waals surface area contributed by atoms with Gasteiger partial charge in [0.25, 0.3) is 0 Å². The molecule has 24 heavy (non-hydrogen) atoms. The van der Waals surface area contributed by atoms with E-state index < -0.39 is 5.60 Å². The van der Waals surface area contributed by atoms with Crippen molar-refractivity contribution in [3.05, 3.63) is 16.1 Å². The van der Waals surface area contributed by atoms with Crippen molar-refractivity contribution in [3.63, 3.8) is 0 Å². The number of likely N-dealkylation sites (tertiary alicyclic amines) is 1. The van der Waals surface area contributed by atoms with Crippen LogP contribution < -0.4 is 5.73 Å². The van der Waals surface area contributed by atoms with E-state index in [0.717, 1.165) is 34.1 Å². The number of hydrogen-bond acceptors (Lipinski definition) is 5. The summed E-state index contributed by atoms with van der Waals surface area (Å²) in [6.07, 6.45) is 4.26. The molecule has 3 rings (SSSR count). The SMILES string of the molecule is CC(C)(C)OC(=O)N1CCC(Cn2cc(I)c3c(N)ncnc32)C1. The lowest BCUT2D eigenvalue weighted by Crippen LogP contribution is -2.35. The van der Waals surface area contributed by atoms with Crippen LogP contribution in [0.5, 0.6) is 0 Å². The topological polar surface area (TPSA) is 86.3 Å². The average Bonchev–Trinajstić information content (AvgIpc) is 3.04. The maximum absolute atomic E-state index is 12.2. The zero-order valence-electron chi connectivity index (χ0n) is 14.1. The number of aromatic nitrogens is 3. The van der Waals surface area contributed by atoms with Crippen LogP contribution in [0.1, 0.15) is 27.2 Å². The van der Waals surface area contributed by atoms with Crippen molar-refractivity contribution in [2.75, 3.05) is 18.8 Å². The Labute approximate surface area is 154 Å². The standard InChI is InChI=1S/C16H22IN5O2/c1-16(2,3)24-15(23)21-5-4-10(6-21)7-22-8-11(17)12-13(18)19-9-20-14(12)22/h8-10H,4-7H2,1-3H3,(H2,18,19,20). The normalized spacial score (nSPS) is 18.3. The van der Waals surface area contributed by atoms with Crippen LogP contribution in [0, 0.1) is 9.49 Å².